The Labute approximate surface area is 126 Å². The zero-order valence-corrected chi connectivity index (χ0v) is 13.0. The Balaban J connectivity index is 1.67. The predicted octanol–water partition coefficient (Wildman–Crippen LogP) is 2.06. The molecule has 0 atom stereocenters. The van der Waals surface area contributed by atoms with Crippen molar-refractivity contribution in [1.29, 1.82) is 0 Å². The van der Waals surface area contributed by atoms with E-state index in [9.17, 15) is 9.59 Å². The molecule has 1 aromatic rings. The number of hydrogen-bond acceptors (Lipinski definition) is 5. The predicted molar refractivity (Wildman–Crippen MR) is 79.9 cm³/mol. The molecule has 0 bridgehead atoms. The van der Waals surface area contributed by atoms with E-state index in [1.165, 1.54) is 11.8 Å². The number of aliphatic carboxylic acids is 1. The van der Waals surface area contributed by atoms with Crippen LogP contribution in [0.2, 0.25) is 0 Å². The summed E-state index contributed by atoms with van der Waals surface area (Å²) < 4.78 is 0. The lowest BCUT2D eigenvalue weighted by Crippen LogP contribution is -2.47. The van der Waals surface area contributed by atoms with Crippen molar-refractivity contribution in [3.63, 3.8) is 0 Å². The normalized spacial score (nSPS) is 16.4. The highest BCUT2D eigenvalue weighted by molar-refractivity contribution is 7.99. The van der Waals surface area contributed by atoms with E-state index in [0.29, 0.717) is 24.3 Å². The summed E-state index contributed by atoms with van der Waals surface area (Å²) in [5.74, 6) is 0.151. The summed E-state index contributed by atoms with van der Waals surface area (Å²) in [7, 11) is 0. The third-order valence-corrected chi connectivity index (χ3v) is 5.33. The van der Waals surface area contributed by atoms with E-state index in [1.54, 1.807) is 11.3 Å². The van der Waals surface area contributed by atoms with Crippen LogP contribution in [-0.2, 0) is 15.3 Å². The summed E-state index contributed by atoms with van der Waals surface area (Å²) in [6.45, 7) is 2.20. The molecule has 1 saturated carbocycles. The molecule has 1 heterocycles. The Morgan fingerprint density at radius 3 is 2.80 bits per heavy atom. The molecule has 110 valence electrons. The molecule has 1 aliphatic carbocycles. The number of carboxylic acid groups (broad SMARTS) is 1. The number of nitrogens with one attached hydrogen (secondary N) is 1. The largest absolute Gasteiger partial charge is 0.481 e. The third-order valence-electron chi connectivity index (χ3n) is 3.54. The molecule has 2 rings (SSSR count). The van der Waals surface area contributed by atoms with Gasteiger partial charge in [0.25, 0.3) is 0 Å². The summed E-state index contributed by atoms with van der Waals surface area (Å²) >= 11 is 3.10. The number of rotatable bonds is 7. The molecular formula is C13H18N2O3S2. The molecular weight excluding hydrogens is 296 g/mol. The van der Waals surface area contributed by atoms with Gasteiger partial charge in [0.2, 0.25) is 5.91 Å². The van der Waals surface area contributed by atoms with Gasteiger partial charge in [0.1, 0.15) is 0 Å². The fourth-order valence-electron chi connectivity index (χ4n) is 2.11. The van der Waals surface area contributed by atoms with E-state index < -0.39 is 11.4 Å². The van der Waals surface area contributed by atoms with Crippen LogP contribution in [-0.4, -0.2) is 34.3 Å². The van der Waals surface area contributed by atoms with Crippen molar-refractivity contribution in [3.8, 4) is 0 Å². The first kappa shape index (κ1) is 15.3. The second-order valence-electron chi connectivity index (χ2n) is 5.07. The van der Waals surface area contributed by atoms with Crippen LogP contribution in [0.15, 0.2) is 5.38 Å². The number of carboxylic acids is 1. The maximum Gasteiger partial charge on any atom is 0.311 e. The van der Waals surface area contributed by atoms with E-state index in [4.69, 9.17) is 5.11 Å². The molecule has 20 heavy (non-hydrogen) atoms. The van der Waals surface area contributed by atoms with Crippen LogP contribution in [0.3, 0.4) is 0 Å². The monoisotopic (exact) mass is 314 g/mol. The maximum absolute atomic E-state index is 11.7. The van der Waals surface area contributed by atoms with Gasteiger partial charge in [0.15, 0.2) is 0 Å². The van der Waals surface area contributed by atoms with E-state index in [1.807, 2.05) is 12.3 Å². The number of thioether (sulfide) groups is 1. The van der Waals surface area contributed by atoms with Crippen LogP contribution in [0.5, 0.6) is 0 Å². The van der Waals surface area contributed by atoms with Gasteiger partial charge in [-0.15, -0.1) is 23.1 Å². The minimum atomic E-state index is -0.797. The van der Waals surface area contributed by atoms with Gasteiger partial charge in [-0.25, -0.2) is 4.98 Å². The maximum atomic E-state index is 11.7. The van der Waals surface area contributed by atoms with Gasteiger partial charge in [0.05, 0.1) is 21.9 Å². The average molecular weight is 314 g/mol. The zero-order valence-electron chi connectivity index (χ0n) is 11.3. The Hall–Kier alpha value is -1.08. The molecule has 0 radical (unpaired) electrons. The minimum Gasteiger partial charge on any atom is -0.481 e. The standard InChI is InChI=1S/C13H18N2O3S2/c1-9-15-10(6-20-9)5-19-7-11(16)14-8-13(12(17)18)3-2-4-13/h6H,2-5,7-8H2,1H3,(H,14,16)(H,17,18). The number of nitrogens with zero attached hydrogens (tertiary/aromatic N) is 1. The van der Waals surface area contributed by atoms with Crippen LogP contribution >= 0.6 is 23.1 Å². The molecule has 0 aromatic carbocycles. The first-order valence-corrected chi connectivity index (χ1v) is 8.54. The lowest BCUT2D eigenvalue weighted by atomic mass is 9.69. The molecule has 1 amide bonds. The van der Waals surface area contributed by atoms with Crippen LogP contribution in [0, 0.1) is 12.3 Å². The SMILES string of the molecule is Cc1nc(CSCC(=O)NCC2(C(=O)O)CCC2)cs1. The van der Waals surface area contributed by atoms with Gasteiger partial charge in [0, 0.05) is 17.7 Å². The Kier molecular flexibility index (Phi) is 5.04. The highest BCUT2D eigenvalue weighted by atomic mass is 32.2. The molecule has 5 nitrogen and oxygen atoms in total. The van der Waals surface area contributed by atoms with Crippen LogP contribution in [0.25, 0.3) is 0 Å². The molecule has 0 unspecified atom stereocenters. The van der Waals surface area contributed by atoms with Gasteiger partial charge in [-0.3, -0.25) is 9.59 Å². The topological polar surface area (TPSA) is 79.3 Å². The fraction of sp³-hybridized carbons (Fsp3) is 0.615. The van der Waals surface area contributed by atoms with Crippen molar-refractivity contribution in [2.24, 2.45) is 5.41 Å². The minimum absolute atomic E-state index is 0.102. The smallest absolute Gasteiger partial charge is 0.311 e. The van der Waals surface area contributed by atoms with Gasteiger partial charge < -0.3 is 10.4 Å². The van der Waals surface area contributed by atoms with E-state index in [2.05, 4.69) is 10.3 Å². The summed E-state index contributed by atoms with van der Waals surface area (Å²) in [5, 5.41) is 14.9. The number of carbonyl (C=O) groups excluding carboxylic acids is 1. The lowest BCUT2D eigenvalue weighted by molar-refractivity contribution is -0.154. The summed E-state index contributed by atoms with van der Waals surface area (Å²) in [6, 6.07) is 0. The zero-order chi connectivity index (χ0) is 14.6. The molecule has 1 aliphatic rings. The van der Waals surface area contributed by atoms with E-state index in [0.717, 1.165) is 17.1 Å². The number of hydrogen-bond donors (Lipinski definition) is 2. The molecule has 7 heteroatoms. The number of aromatic nitrogens is 1. The second-order valence-corrected chi connectivity index (χ2v) is 7.11. The average Bonchev–Trinajstić information content (AvgIpc) is 2.73. The van der Waals surface area contributed by atoms with Crippen molar-refractivity contribution in [1.82, 2.24) is 10.3 Å². The quantitative estimate of drug-likeness (QED) is 0.805. The number of aryl methyl sites for hydroxylation is 1. The molecule has 0 saturated heterocycles. The van der Waals surface area contributed by atoms with E-state index >= 15 is 0 Å². The highest BCUT2D eigenvalue weighted by Crippen LogP contribution is 2.40. The highest BCUT2D eigenvalue weighted by Gasteiger charge is 2.44. The number of thiazole rings is 1. The lowest BCUT2D eigenvalue weighted by Gasteiger charge is -2.37. The van der Waals surface area contributed by atoms with E-state index in [-0.39, 0.29) is 12.5 Å². The van der Waals surface area contributed by atoms with Crippen molar-refractivity contribution in [2.75, 3.05) is 12.3 Å². The Bertz CT molecular complexity index is 498. The first-order chi connectivity index (χ1) is 9.52. The van der Waals surface area contributed by atoms with Crippen molar-refractivity contribution < 1.29 is 14.7 Å². The molecule has 2 N–H and O–H groups in total. The Morgan fingerprint density at radius 1 is 1.55 bits per heavy atom. The summed E-state index contributed by atoms with van der Waals surface area (Å²) in [4.78, 5) is 27.2. The van der Waals surface area contributed by atoms with Crippen molar-refractivity contribution >= 4 is 35.0 Å². The Morgan fingerprint density at radius 2 is 2.30 bits per heavy atom. The molecule has 1 fully saturated rings. The van der Waals surface area contributed by atoms with Crippen LogP contribution < -0.4 is 5.32 Å². The second kappa shape index (κ2) is 6.58. The fourth-order valence-corrected chi connectivity index (χ4v) is 3.58. The van der Waals surface area contributed by atoms with Gasteiger partial charge in [-0.1, -0.05) is 6.42 Å². The van der Waals surface area contributed by atoms with Crippen LogP contribution in [0.1, 0.15) is 30.0 Å². The summed E-state index contributed by atoms with van der Waals surface area (Å²) in [5.41, 5.74) is 0.276. The van der Waals surface area contributed by atoms with Gasteiger partial charge in [-0.2, -0.15) is 0 Å². The molecule has 1 aromatic heterocycles. The van der Waals surface area contributed by atoms with Gasteiger partial charge in [-0.05, 0) is 19.8 Å². The molecule has 0 aliphatic heterocycles. The van der Waals surface area contributed by atoms with Crippen LogP contribution in [0.4, 0.5) is 0 Å². The van der Waals surface area contributed by atoms with Crippen molar-refractivity contribution in [3.05, 3.63) is 16.1 Å². The number of carbonyl (C=O) groups is 2. The van der Waals surface area contributed by atoms with Gasteiger partial charge >= 0.3 is 5.97 Å². The number of amides is 1. The summed E-state index contributed by atoms with van der Waals surface area (Å²) in [6.07, 6.45) is 2.25. The molecule has 0 spiro atoms. The van der Waals surface area contributed by atoms with Crippen molar-refractivity contribution in [2.45, 2.75) is 31.9 Å². The first-order valence-electron chi connectivity index (χ1n) is 6.51. The third kappa shape index (κ3) is 3.73.